The van der Waals surface area contributed by atoms with E-state index in [1.54, 1.807) is 0 Å². The van der Waals surface area contributed by atoms with E-state index in [0.29, 0.717) is 11.8 Å². The van der Waals surface area contributed by atoms with Crippen LogP contribution in [-0.2, 0) is 4.74 Å². The Balaban J connectivity index is 2.03. The van der Waals surface area contributed by atoms with Crippen molar-refractivity contribution in [3.05, 3.63) is 0 Å². The first-order valence-electron chi connectivity index (χ1n) is 7.21. The highest BCUT2D eigenvalue weighted by molar-refractivity contribution is 5.18. The number of fused-ring (bicyclic) bond motifs is 1. The Kier molecular flexibility index (Phi) is 2.30. The van der Waals surface area contributed by atoms with E-state index < -0.39 is 0 Å². The molecule has 3 aliphatic rings. The van der Waals surface area contributed by atoms with E-state index in [1.807, 2.05) is 0 Å². The number of aliphatic hydroxyl groups excluding tert-OH is 1. The average Bonchev–Trinajstić information content (AvgIpc) is 2.68. The van der Waals surface area contributed by atoms with Crippen molar-refractivity contribution in [1.29, 1.82) is 0 Å². The summed E-state index contributed by atoms with van der Waals surface area (Å²) >= 11 is 0. The van der Waals surface area contributed by atoms with Crippen LogP contribution in [0.5, 0.6) is 0 Å². The van der Waals surface area contributed by atoms with Crippen molar-refractivity contribution in [2.45, 2.75) is 77.1 Å². The summed E-state index contributed by atoms with van der Waals surface area (Å²) in [6.45, 7) is 9.12. The van der Waals surface area contributed by atoms with Crippen LogP contribution in [0.25, 0.3) is 0 Å². The van der Waals surface area contributed by atoms with Crippen LogP contribution in [0.2, 0.25) is 0 Å². The van der Waals surface area contributed by atoms with E-state index in [-0.39, 0.29) is 22.7 Å². The number of hydrogen-bond donors (Lipinski definition) is 1. The van der Waals surface area contributed by atoms with Gasteiger partial charge in [-0.05, 0) is 56.3 Å². The molecule has 0 amide bonds. The zero-order valence-corrected chi connectivity index (χ0v) is 11.6. The smallest absolute Gasteiger partial charge is 0.0921 e. The summed E-state index contributed by atoms with van der Waals surface area (Å²) in [5, 5.41) is 10.4. The molecule has 0 aromatic rings. The largest absolute Gasteiger partial charge is 0.390 e. The lowest BCUT2D eigenvalue weighted by atomic mass is 9.66. The van der Waals surface area contributed by atoms with Crippen molar-refractivity contribution in [2.75, 3.05) is 0 Å². The lowest BCUT2D eigenvalue weighted by Gasteiger charge is -2.52. The van der Waals surface area contributed by atoms with Crippen LogP contribution in [0.3, 0.4) is 0 Å². The molecule has 1 spiro atoms. The summed E-state index contributed by atoms with van der Waals surface area (Å²) in [5.74, 6) is 1.37. The first-order chi connectivity index (χ1) is 7.83. The van der Waals surface area contributed by atoms with Gasteiger partial charge in [-0.25, -0.2) is 0 Å². The van der Waals surface area contributed by atoms with Gasteiger partial charge in [-0.15, -0.1) is 0 Å². The second-order valence-corrected chi connectivity index (χ2v) is 7.47. The Morgan fingerprint density at radius 2 is 1.88 bits per heavy atom. The molecule has 0 aromatic heterocycles. The van der Waals surface area contributed by atoms with Gasteiger partial charge in [0.05, 0.1) is 17.3 Å². The third kappa shape index (κ3) is 1.29. The number of rotatable bonds is 1. The highest BCUT2D eigenvalue weighted by Crippen LogP contribution is 2.67. The highest BCUT2D eigenvalue weighted by Gasteiger charge is 2.69. The summed E-state index contributed by atoms with van der Waals surface area (Å²) in [6.07, 6.45) is 5.36. The minimum Gasteiger partial charge on any atom is -0.390 e. The molecule has 2 heterocycles. The normalized spacial score (nSPS) is 57.5. The van der Waals surface area contributed by atoms with Gasteiger partial charge in [-0.1, -0.05) is 20.8 Å². The molecule has 1 saturated carbocycles. The molecule has 2 saturated heterocycles. The van der Waals surface area contributed by atoms with Crippen LogP contribution < -0.4 is 0 Å². The van der Waals surface area contributed by atoms with Gasteiger partial charge < -0.3 is 9.84 Å². The maximum absolute atomic E-state index is 10.4. The summed E-state index contributed by atoms with van der Waals surface area (Å²) < 4.78 is 6.54. The summed E-state index contributed by atoms with van der Waals surface area (Å²) in [6, 6.07) is 0. The molecule has 98 valence electrons. The van der Waals surface area contributed by atoms with Crippen molar-refractivity contribution < 1.29 is 9.84 Å². The second kappa shape index (κ2) is 3.27. The molecule has 2 bridgehead atoms. The average molecular weight is 238 g/mol. The molecule has 0 radical (unpaired) electrons. The van der Waals surface area contributed by atoms with Gasteiger partial charge in [-0.3, -0.25) is 0 Å². The maximum atomic E-state index is 10.4. The molecule has 3 rings (SSSR count). The van der Waals surface area contributed by atoms with Crippen LogP contribution in [0.15, 0.2) is 0 Å². The minimum absolute atomic E-state index is 0.0646. The summed E-state index contributed by atoms with van der Waals surface area (Å²) in [4.78, 5) is 0. The van der Waals surface area contributed by atoms with Gasteiger partial charge in [0.25, 0.3) is 0 Å². The quantitative estimate of drug-likeness (QED) is 0.760. The van der Waals surface area contributed by atoms with E-state index in [2.05, 4.69) is 27.7 Å². The van der Waals surface area contributed by atoms with Gasteiger partial charge >= 0.3 is 0 Å². The lowest BCUT2D eigenvalue weighted by molar-refractivity contribution is -0.246. The van der Waals surface area contributed by atoms with Crippen molar-refractivity contribution in [1.82, 2.24) is 0 Å². The monoisotopic (exact) mass is 238 g/mol. The Morgan fingerprint density at radius 3 is 2.53 bits per heavy atom. The molecular formula is C15H26O2. The van der Waals surface area contributed by atoms with Crippen molar-refractivity contribution in [3.8, 4) is 0 Å². The van der Waals surface area contributed by atoms with E-state index in [4.69, 9.17) is 4.74 Å². The summed E-state index contributed by atoms with van der Waals surface area (Å²) in [5.41, 5.74) is 0.00347. The fraction of sp³-hybridized carbons (Fsp3) is 1.00. The SMILES string of the molecule is CC(C)C1CCC2(C)CC(O)C3(C)CCC12O3. The summed E-state index contributed by atoms with van der Waals surface area (Å²) in [7, 11) is 0. The Hall–Kier alpha value is -0.0800. The number of ether oxygens (including phenoxy) is 1. The van der Waals surface area contributed by atoms with Crippen LogP contribution in [0, 0.1) is 17.3 Å². The maximum Gasteiger partial charge on any atom is 0.0921 e. The minimum atomic E-state index is -0.269. The standard InChI is InChI=1S/C15H26O2/c1-10(2)11-5-6-13(3)9-12(16)14(4)7-8-15(11,13)17-14/h10-12,16H,5-9H2,1-4H3. The topological polar surface area (TPSA) is 29.5 Å². The Bertz CT molecular complexity index is 340. The molecule has 1 N–H and O–H groups in total. The van der Waals surface area contributed by atoms with Crippen LogP contribution >= 0.6 is 0 Å². The lowest BCUT2D eigenvalue weighted by Crippen LogP contribution is -2.58. The third-order valence-corrected chi connectivity index (χ3v) is 6.19. The molecule has 3 fully saturated rings. The van der Waals surface area contributed by atoms with E-state index in [1.165, 1.54) is 12.8 Å². The number of hydrogen-bond acceptors (Lipinski definition) is 2. The first-order valence-corrected chi connectivity index (χ1v) is 7.21. The zero-order valence-electron chi connectivity index (χ0n) is 11.6. The van der Waals surface area contributed by atoms with Gasteiger partial charge in [0.1, 0.15) is 0 Å². The second-order valence-electron chi connectivity index (χ2n) is 7.47. The van der Waals surface area contributed by atoms with Crippen molar-refractivity contribution in [2.24, 2.45) is 17.3 Å². The first kappa shape index (κ1) is 12.0. The highest BCUT2D eigenvalue weighted by atomic mass is 16.5. The molecule has 2 aliphatic heterocycles. The van der Waals surface area contributed by atoms with Gasteiger partial charge in [0, 0.05) is 0 Å². The molecule has 5 atom stereocenters. The fourth-order valence-corrected chi connectivity index (χ4v) is 5.03. The van der Waals surface area contributed by atoms with Gasteiger partial charge in [0.2, 0.25) is 0 Å². The van der Waals surface area contributed by atoms with Crippen molar-refractivity contribution in [3.63, 3.8) is 0 Å². The molecule has 2 nitrogen and oxygen atoms in total. The fourth-order valence-electron chi connectivity index (χ4n) is 5.03. The predicted molar refractivity (Wildman–Crippen MR) is 67.7 cm³/mol. The van der Waals surface area contributed by atoms with E-state index in [9.17, 15) is 5.11 Å². The van der Waals surface area contributed by atoms with Crippen LogP contribution in [0.1, 0.15) is 59.8 Å². The van der Waals surface area contributed by atoms with E-state index >= 15 is 0 Å². The van der Waals surface area contributed by atoms with E-state index in [0.717, 1.165) is 19.3 Å². The Labute approximate surface area is 105 Å². The Morgan fingerprint density at radius 1 is 1.18 bits per heavy atom. The molecule has 5 unspecified atom stereocenters. The molecule has 17 heavy (non-hydrogen) atoms. The third-order valence-electron chi connectivity index (χ3n) is 6.19. The van der Waals surface area contributed by atoms with Crippen molar-refractivity contribution >= 4 is 0 Å². The number of aliphatic hydroxyl groups is 1. The molecule has 0 aromatic carbocycles. The molecule has 2 heteroatoms. The molecule has 1 aliphatic carbocycles. The van der Waals surface area contributed by atoms with Crippen LogP contribution in [-0.4, -0.2) is 22.4 Å². The zero-order chi connectivity index (χ0) is 12.5. The van der Waals surface area contributed by atoms with Gasteiger partial charge in [0.15, 0.2) is 0 Å². The van der Waals surface area contributed by atoms with Gasteiger partial charge in [-0.2, -0.15) is 0 Å². The molecular weight excluding hydrogens is 212 g/mol. The van der Waals surface area contributed by atoms with Crippen LogP contribution in [0.4, 0.5) is 0 Å². The predicted octanol–water partition coefficient (Wildman–Crippen LogP) is 3.13.